The predicted molar refractivity (Wildman–Crippen MR) is 81.3 cm³/mol. The van der Waals surface area contributed by atoms with Gasteiger partial charge < -0.3 is 10.5 Å². The minimum Gasteiger partial charge on any atom is -0.466 e. The molecule has 2 atom stereocenters. The number of nitro benzene ring substituents is 1. The zero-order chi connectivity index (χ0) is 17.1. The highest BCUT2D eigenvalue weighted by Crippen LogP contribution is 2.39. The normalized spacial score (nSPS) is 20.5. The number of esters is 1. The van der Waals surface area contributed by atoms with E-state index in [1.165, 1.54) is 25.3 Å². The second-order valence-electron chi connectivity index (χ2n) is 4.96. The highest BCUT2D eigenvalue weighted by atomic mass is 16.6. The summed E-state index contributed by atoms with van der Waals surface area (Å²) in [7, 11) is 1.22. The Morgan fingerprint density at radius 2 is 2.22 bits per heavy atom. The second kappa shape index (κ2) is 6.27. The molecule has 2 unspecified atom stereocenters. The fraction of sp³-hybridized carbons (Fsp3) is 0.267. The summed E-state index contributed by atoms with van der Waals surface area (Å²) in [6.45, 7) is 1.58. The molecule has 118 valence electrons. The first kappa shape index (κ1) is 16.2. The largest absolute Gasteiger partial charge is 0.466 e. The molecule has 0 aliphatic carbocycles. The molecular formula is C15H14N4O4. The van der Waals surface area contributed by atoms with E-state index >= 15 is 0 Å². The van der Waals surface area contributed by atoms with Crippen LogP contribution in [0.3, 0.4) is 0 Å². The number of amidine groups is 1. The average molecular weight is 314 g/mol. The zero-order valence-electron chi connectivity index (χ0n) is 12.5. The summed E-state index contributed by atoms with van der Waals surface area (Å²) in [5.41, 5.74) is 6.62. The van der Waals surface area contributed by atoms with E-state index in [0.717, 1.165) is 0 Å². The molecular weight excluding hydrogens is 300 g/mol. The number of aliphatic imine (C=N–C) groups is 1. The lowest BCUT2D eigenvalue weighted by Gasteiger charge is -2.28. The molecule has 1 aliphatic rings. The van der Waals surface area contributed by atoms with Crippen molar-refractivity contribution in [2.75, 3.05) is 7.11 Å². The number of methoxy groups -OCH3 is 1. The summed E-state index contributed by atoms with van der Waals surface area (Å²) in [5.74, 6) is -2.26. The van der Waals surface area contributed by atoms with Gasteiger partial charge in [-0.2, -0.15) is 5.26 Å². The summed E-state index contributed by atoms with van der Waals surface area (Å²) < 4.78 is 4.77. The minimum atomic E-state index is -0.908. The van der Waals surface area contributed by atoms with Crippen molar-refractivity contribution >= 4 is 17.5 Å². The van der Waals surface area contributed by atoms with Crippen LogP contribution in [0.2, 0.25) is 0 Å². The Balaban J connectivity index is 2.66. The van der Waals surface area contributed by atoms with Crippen molar-refractivity contribution in [1.82, 2.24) is 0 Å². The van der Waals surface area contributed by atoms with Crippen LogP contribution in [0.15, 0.2) is 40.5 Å². The molecule has 0 spiro atoms. The third kappa shape index (κ3) is 2.89. The van der Waals surface area contributed by atoms with Crippen molar-refractivity contribution in [2.45, 2.75) is 12.8 Å². The highest BCUT2D eigenvalue weighted by molar-refractivity contribution is 5.97. The van der Waals surface area contributed by atoms with E-state index < -0.39 is 22.7 Å². The summed E-state index contributed by atoms with van der Waals surface area (Å²) in [5, 5.41) is 20.4. The number of ether oxygens (including phenoxy) is 1. The number of allylic oxidation sites excluding steroid dienone is 1. The van der Waals surface area contributed by atoms with Gasteiger partial charge >= 0.3 is 5.97 Å². The molecule has 1 aromatic carbocycles. The maximum Gasteiger partial charge on any atom is 0.336 e. The molecule has 8 nitrogen and oxygen atoms in total. The number of nitriles is 1. The van der Waals surface area contributed by atoms with Crippen molar-refractivity contribution in [3.05, 3.63) is 51.2 Å². The first-order valence-corrected chi connectivity index (χ1v) is 6.67. The molecule has 0 bridgehead atoms. The van der Waals surface area contributed by atoms with Gasteiger partial charge in [0.25, 0.3) is 5.69 Å². The molecule has 2 rings (SSSR count). The first-order valence-electron chi connectivity index (χ1n) is 6.67. The molecule has 1 heterocycles. The van der Waals surface area contributed by atoms with Crippen LogP contribution < -0.4 is 5.73 Å². The number of hydrogen-bond acceptors (Lipinski definition) is 7. The van der Waals surface area contributed by atoms with E-state index in [0.29, 0.717) is 11.3 Å². The molecule has 2 N–H and O–H groups in total. The Kier molecular flexibility index (Phi) is 4.41. The van der Waals surface area contributed by atoms with Crippen molar-refractivity contribution in [1.29, 1.82) is 5.26 Å². The molecule has 0 amide bonds. The number of nitrogens with zero attached hydrogens (tertiary/aromatic N) is 3. The monoisotopic (exact) mass is 314 g/mol. The third-order valence-corrected chi connectivity index (χ3v) is 3.63. The summed E-state index contributed by atoms with van der Waals surface area (Å²) in [6, 6.07) is 7.77. The van der Waals surface area contributed by atoms with Gasteiger partial charge in [-0.15, -0.1) is 0 Å². The predicted octanol–water partition coefficient (Wildman–Crippen LogP) is 1.64. The number of benzene rings is 1. The maximum atomic E-state index is 12.1. The molecule has 0 saturated heterocycles. The highest BCUT2D eigenvalue weighted by Gasteiger charge is 2.38. The van der Waals surface area contributed by atoms with Crippen LogP contribution >= 0.6 is 0 Å². The van der Waals surface area contributed by atoms with Crippen LogP contribution in [0.1, 0.15) is 18.4 Å². The molecule has 8 heteroatoms. The number of rotatable bonds is 3. The van der Waals surface area contributed by atoms with Crippen LogP contribution in [0.25, 0.3) is 0 Å². The number of nitrogens with two attached hydrogens (primary N) is 1. The van der Waals surface area contributed by atoms with Gasteiger partial charge in [0.05, 0.1) is 29.4 Å². The lowest BCUT2D eigenvalue weighted by atomic mass is 9.78. The van der Waals surface area contributed by atoms with E-state index in [9.17, 15) is 20.2 Å². The first-order chi connectivity index (χ1) is 10.9. The van der Waals surface area contributed by atoms with Crippen LogP contribution in [0.4, 0.5) is 5.69 Å². The topological polar surface area (TPSA) is 132 Å². The SMILES string of the molecule is COC(=O)C1=C(C)N=C(N)C(C#N)C1c1cccc([N+](=O)[O-])c1. The number of carbonyl (C=O) groups excluding carboxylic acids is 1. The van der Waals surface area contributed by atoms with Crippen LogP contribution in [0, 0.1) is 27.4 Å². The number of hydrogen-bond donors (Lipinski definition) is 1. The zero-order valence-corrected chi connectivity index (χ0v) is 12.5. The van der Waals surface area contributed by atoms with Crippen molar-refractivity contribution in [2.24, 2.45) is 16.6 Å². The summed E-state index contributed by atoms with van der Waals surface area (Å²) in [4.78, 5) is 26.6. The molecule has 23 heavy (non-hydrogen) atoms. The fourth-order valence-electron chi connectivity index (χ4n) is 2.60. The molecule has 0 radical (unpaired) electrons. The fourth-order valence-corrected chi connectivity index (χ4v) is 2.60. The Hall–Kier alpha value is -3.21. The Labute approximate surface area is 132 Å². The Morgan fingerprint density at radius 3 is 2.78 bits per heavy atom. The lowest BCUT2D eigenvalue weighted by Crippen LogP contribution is -2.34. The van der Waals surface area contributed by atoms with Gasteiger partial charge in [-0.1, -0.05) is 12.1 Å². The number of non-ortho nitro benzene ring substituents is 1. The van der Waals surface area contributed by atoms with E-state index in [1.54, 1.807) is 13.0 Å². The molecule has 0 saturated carbocycles. The van der Waals surface area contributed by atoms with E-state index in [1.807, 2.05) is 6.07 Å². The minimum absolute atomic E-state index is 0.0640. The van der Waals surface area contributed by atoms with Crippen molar-refractivity contribution in [3.8, 4) is 6.07 Å². The number of nitro groups is 1. The standard InChI is InChI=1S/C15H14N4O4/c1-8-12(15(20)23-2)13(11(7-16)14(17)18-8)9-4-3-5-10(6-9)19(21)22/h3-6,11,13H,1-2H3,(H2,17,18). The number of carbonyl (C=O) groups is 1. The summed E-state index contributed by atoms with van der Waals surface area (Å²) in [6.07, 6.45) is 0. The van der Waals surface area contributed by atoms with Gasteiger partial charge in [0.2, 0.25) is 0 Å². The molecule has 1 aromatic rings. The quantitative estimate of drug-likeness (QED) is 0.512. The van der Waals surface area contributed by atoms with Crippen LogP contribution in [-0.2, 0) is 9.53 Å². The Bertz CT molecular complexity index is 776. The van der Waals surface area contributed by atoms with E-state index in [4.69, 9.17) is 10.5 Å². The third-order valence-electron chi connectivity index (χ3n) is 3.63. The molecule has 0 aromatic heterocycles. The molecule has 1 aliphatic heterocycles. The van der Waals surface area contributed by atoms with E-state index in [2.05, 4.69) is 4.99 Å². The maximum absolute atomic E-state index is 12.1. The van der Waals surface area contributed by atoms with Gasteiger partial charge in [-0.3, -0.25) is 10.1 Å². The van der Waals surface area contributed by atoms with Crippen LogP contribution in [-0.4, -0.2) is 23.8 Å². The van der Waals surface area contributed by atoms with Gasteiger partial charge in [0.1, 0.15) is 11.8 Å². The van der Waals surface area contributed by atoms with Crippen molar-refractivity contribution in [3.63, 3.8) is 0 Å². The Morgan fingerprint density at radius 1 is 1.52 bits per heavy atom. The molecule has 0 fully saturated rings. The van der Waals surface area contributed by atoms with Gasteiger partial charge in [0, 0.05) is 18.1 Å². The van der Waals surface area contributed by atoms with Gasteiger partial charge in [0.15, 0.2) is 0 Å². The van der Waals surface area contributed by atoms with Gasteiger partial charge in [-0.05, 0) is 12.5 Å². The van der Waals surface area contributed by atoms with Crippen molar-refractivity contribution < 1.29 is 14.5 Å². The smallest absolute Gasteiger partial charge is 0.336 e. The lowest BCUT2D eigenvalue weighted by molar-refractivity contribution is -0.384. The van der Waals surface area contributed by atoms with Crippen LogP contribution in [0.5, 0.6) is 0 Å². The second-order valence-corrected chi connectivity index (χ2v) is 4.96. The average Bonchev–Trinajstić information content (AvgIpc) is 2.53. The summed E-state index contributed by atoms with van der Waals surface area (Å²) >= 11 is 0. The van der Waals surface area contributed by atoms with E-state index in [-0.39, 0.29) is 17.1 Å². The van der Waals surface area contributed by atoms with Gasteiger partial charge in [-0.25, -0.2) is 9.79 Å².